The Hall–Kier alpha value is -1.23. The first-order chi connectivity index (χ1) is 4.33. The summed E-state index contributed by atoms with van der Waals surface area (Å²) < 4.78 is 16.0. The molecule has 1 heterocycles. The lowest BCUT2D eigenvalue weighted by Crippen LogP contribution is -1.59. The summed E-state index contributed by atoms with van der Waals surface area (Å²) in [5.41, 5.74) is 0.516. The third-order valence-corrected chi connectivity index (χ3v) is 0.845. The molecule has 0 atom stereocenters. The van der Waals surface area contributed by atoms with Crippen molar-refractivity contribution in [2.75, 3.05) is 0 Å². The first-order valence-corrected chi connectivity index (χ1v) is 2.35. The monoisotopic (exact) mass is 123 g/mol. The molecule has 1 radical (unpaired) electrons. The molecule has 1 nitrogen and oxygen atoms in total. The minimum atomic E-state index is 0.493. The largest absolute Gasteiger partial charge is 0.468 e. The molecule has 0 spiro atoms. The summed E-state index contributed by atoms with van der Waals surface area (Å²) in [7, 11) is 0. The third-order valence-electron chi connectivity index (χ3n) is 0.845. The van der Waals surface area contributed by atoms with Crippen LogP contribution >= 0.6 is 0 Å². The molecule has 0 bridgehead atoms. The van der Waals surface area contributed by atoms with E-state index in [1.807, 2.05) is 0 Å². The second-order valence-corrected chi connectivity index (χ2v) is 1.52. The van der Waals surface area contributed by atoms with Gasteiger partial charge >= 0.3 is 0 Å². The lowest BCUT2D eigenvalue weighted by Gasteiger charge is -1.68. The Morgan fingerprint density at radius 3 is 2.89 bits per heavy atom. The van der Waals surface area contributed by atoms with Gasteiger partial charge in [0.05, 0.1) is 5.56 Å². The average molecular weight is 123 g/mol. The van der Waals surface area contributed by atoms with Crippen molar-refractivity contribution in [1.29, 1.82) is 0 Å². The van der Waals surface area contributed by atoms with E-state index in [9.17, 15) is 4.39 Å². The highest BCUT2D eigenvalue weighted by Crippen LogP contribution is 2.03. The van der Waals surface area contributed by atoms with Crippen molar-refractivity contribution in [3.05, 3.63) is 30.6 Å². The fourth-order valence-electron chi connectivity index (χ4n) is 0.501. The molecule has 0 aliphatic rings. The Morgan fingerprint density at radius 1 is 1.67 bits per heavy atom. The first-order valence-electron chi connectivity index (χ1n) is 2.35. The molecule has 0 saturated carbocycles. The lowest BCUT2D eigenvalue weighted by molar-refractivity contribution is 0.548. The molecule has 0 aromatic carbocycles. The van der Waals surface area contributed by atoms with Crippen LogP contribution in [-0.4, -0.2) is 0 Å². The standard InChI is InChI=1S/C7H4FO/c1-6-4-7(2-3-8)5-9-6/h4-5H,1H2. The van der Waals surface area contributed by atoms with Crippen LogP contribution in [0.2, 0.25) is 0 Å². The van der Waals surface area contributed by atoms with Crippen LogP contribution in [0.5, 0.6) is 0 Å². The van der Waals surface area contributed by atoms with E-state index < -0.39 is 0 Å². The second kappa shape index (κ2) is 2.36. The zero-order valence-electron chi connectivity index (χ0n) is 4.65. The predicted octanol–water partition coefficient (Wildman–Crippen LogP) is 1.74. The Kier molecular flexibility index (Phi) is 1.55. The Bertz CT molecular complexity index is 251. The number of furan rings is 1. The summed E-state index contributed by atoms with van der Waals surface area (Å²) >= 11 is 0. The van der Waals surface area contributed by atoms with Gasteiger partial charge in [-0.05, 0) is 12.0 Å². The van der Waals surface area contributed by atoms with Gasteiger partial charge in [-0.3, -0.25) is 0 Å². The van der Waals surface area contributed by atoms with Crippen LogP contribution in [0, 0.1) is 19.0 Å². The van der Waals surface area contributed by atoms with Crippen LogP contribution in [0.3, 0.4) is 0 Å². The highest BCUT2D eigenvalue weighted by Gasteiger charge is 1.90. The predicted molar refractivity (Wildman–Crippen MR) is 31.2 cm³/mol. The van der Waals surface area contributed by atoms with Crippen molar-refractivity contribution in [3.8, 4) is 12.1 Å². The molecule has 1 rings (SSSR count). The molecule has 1 aromatic rings. The number of hydrogen-bond donors (Lipinski definition) is 0. The van der Waals surface area contributed by atoms with Crippen molar-refractivity contribution in [3.63, 3.8) is 0 Å². The SMILES string of the molecule is [CH2]c1cc(C#CF)co1. The van der Waals surface area contributed by atoms with Crippen molar-refractivity contribution < 1.29 is 8.81 Å². The first kappa shape index (κ1) is 5.90. The third kappa shape index (κ3) is 1.33. The van der Waals surface area contributed by atoms with Crippen LogP contribution in [0.25, 0.3) is 0 Å². The molecule has 0 fully saturated rings. The van der Waals surface area contributed by atoms with Crippen molar-refractivity contribution in [1.82, 2.24) is 0 Å². The van der Waals surface area contributed by atoms with Gasteiger partial charge in [-0.1, -0.05) is 0 Å². The van der Waals surface area contributed by atoms with E-state index in [4.69, 9.17) is 4.42 Å². The molecule has 2 heteroatoms. The zero-order valence-corrected chi connectivity index (χ0v) is 4.65. The van der Waals surface area contributed by atoms with Gasteiger partial charge in [-0.2, -0.15) is 0 Å². The normalized spacial score (nSPS) is 8.22. The van der Waals surface area contributed by atoms with Gasteiger partial charge in [0.25, 0.3) is 0 Å². The molecule has 1 aromatic heterocycles. The molecular weight excluding hydrogens is 119 g/mol. The minimum Gasteiger partial charge on any atom is -0.468 e. The van der Waals surface area contributed by atoms with Gasteiger partial charge in [0.15, 0.2) is 0 Å². The quantitative estimate of drug-likeness (QED) is 0.479. The Labute approximate surface area is 52.5 Å². The fourth-order valence-corrected chi connectivity index (χ4v) is 0.501. The average Bonchev–Trinajstić information content (AvgIpc) is 2.17. The van der Waals surface area contributed by atoms with Gasteiger partial charge in [-0.15, -0.1) is 4.39 Å². The van der Waals surface area contributed by atoms with Crippen molar-refractivity contribution in [2.24, 2.45) is 0 Å². The molecule has 0 N–H and O–H groups in total. The van der Waals surface area contributed by atoms with Crippen LogP contribution in [0.1, 0.15) is 11.3 Å². The Balaban J connectivity index is 2.93. The molecule has 0 saturated heterocycles. The second-order valence-electron chi connectivity index (χ2n) is 1.52. The zero-order chi connectivity index (χ0) is 6.69. The summed E-state index contributed by atoms with van der Waals surface area (Å²) in [6.45, 7) is 3.47. The van der Waals surface area contributed by atoms with Gasteiger partial charge in [0.1, 0.15) is 18.2 Å². The maximum absolute atomic E-state index is 11.3. The summed E-state index contributed by atoms with van der Waals surface area (Å²) in [6, 6.07) is 1.56. The smallest absolute Gasteiger partial charge is 0.111 e. The minimum absolute atomic E-state index is 0.493. The maximum atomic E-state index is 11.3. The summed E-state index contributed by atoms with van der Waals surface area (Å²) in [5, 5.41) is 0. The molecule has 0 aliphatic heterocycles. The van der Waals surface area contributed by atoms with Crippen LogP contribution in [0.15, 0.2) is 16.7 Å². The highest BCUT2D eigenvalue weighted by atomic mass is 19.1. The van der Waals surface area contributed by atoms with Gasteiger partial charge in [0, 0.05) is 6.92 Å². The van der Waals surface area contributed by atoms with Gasteiger partial charge in [0.2, 0.25) is 0 Å². The van der Waals surface area contributed by atoms with Crippen LogP contribution in [0.4, 0.5) is 4.39 Å². The van der Waals surface area contributed by atoms with E-state index in [1.165, 1.54) is 12.4 Å². The van der Waals surface area contributed by atoms with Crippen LogP contribution < -0.4 is 0 Å². The molecule has 9 heavy (non-hydrogen) atoms. The van der Waals surface area contributed by atoms with E-state index in [2.05, 4.69) is 12.8 Å². The number of halogens is 1. The summed E-state index contributed by atoms with van der Waals surface area (Å²) in [4.78, 5) is 0. The molecule has 0 aliphatic carbocycles. The van der Waals surface area contributed by atoms with Crippen LogP contribution in [-0.2, 0) is 0 Å². The summed E-state index contributed by atoms with van der Waals surface area (Å²) in [5.74, 6) is 2.67. The highest BCUT2D eigenvalue weighted by molar-refractivity contribution is 5.31. The fraction of sp³-hybridized carbons (Fsp3) is 0. The number of hydrogen-bond acceptors (Lipinski definition) is 1. The number of rotatable bonds is 0. The summed E-state index contributed by atoms with van der Waals surface area (Å²) in [6.07, 6.45) is 2.62. The van der Waals surface area contributed by atoms with E-state index in [0.717, 1.165) is 0 Å². The van der Waals surface area contributed by atoms with Crippen molar-refractivity contribution >= 4 is 0 Å². The molecular formula is C7H4FO. The van der Waals surface area contributed by atoms with E-state index in [1.54, 1.807) is 6.07 Å². The van der Waals surface area contributed by atoms with E-state index in [-0.39, 0.29) is 0 Å². The van der Waals surface area contributed by atoms with Crippen molar-refractivity contribution in [2.45, 2.75) is 0 Å². The van der Waals surface area contributed by atoms with E-state index in [0.29, 0.717) is 11.3 Å². The maximum Gasteiger partial charge on any atom is 0.111 e. The molecule has 45 valence electrons. The molecule has 0 amide bonds. The molecule has 0 unspecified atom stereocenters. The van der Waals surface area contributed by atoms with E-state index >= 15 is 0 Å². The Morgan fingerprint density at radius 2 is 2.44 bits per heavy atom. The van der Waals surface area contributed by atoms with Gasteiger partial charge in [-0.25, -0.2) is 0 Å². The lowest BCUT2D eigenvalue weighted by atomic mass is 10.3. The van der Waals surface area contributed by atoms with Gasteiger partial charge < -0.3 is 4.42 Å². The topological polar surface area (TPSA) is 13.1 Å².